The summed E-state index contributed by atoms with van der Waals surface area (Å²) in [5.74, 6) is -0.325. The number of anilines is 1. The molecule has 0 aliphatic heterocycles. The normalized spacial score (nSPS) is 11.2. The number of aromatic nitrogens is 4. The van der Waals surface area contributed by atoms with Gasteiger partial charge in [-0.05, 0) is 18.2 Å². The molecule has 0 bridgehead atoms. The molecule has 0 atom stereocenters. The molecule has 1 N–H and O–H groups in total. The number of hydrogen-bond acceptors (Lipinski definition) is 5. The Morgan fingerprint density at radius 3 is 3.00 bits per heavy atom. The number of amides is 1. The fourth-order valence-electron chi connectivity index (χ4n) is 2.48. The summed E-state index contributed by atoms with van der Waals surface area (Å²) >= 11 is 1.33. The van der Waals surface area contributed by atoms with E-state index in [1.165, 1.54) is 15.7 Å². The van der Waals surface area contributed by atoms with Crippen molar-refractivity contribution in [1.82, 2.24) is 18.9 Å². The summed E-state index contributed by atoms with van der Waals surface area (Å²) in [5, 5.41) is 5.40. The lowest BCUT2D eigenvalue weighted by Gasteiger charge is -2.04. The highest BCUT2D eigenvalue weighted by Gasteiger charge is 2.18. The van der Waals surface area contributed by atoms with Gasteiger partial charge in [0.05, 0.1) is 5.39 Å². The maximum absolute atomic E-state index is 12.6. The highest BCUT2D eigenvalue weighted by atomic mass is 32.1. The zero-order valence-electron chi connectivity index (χ0n) is 12.1. The summed E-state index contributed by atoms with van der Waals surface area (Å²) < 4.78 is 3.08. The van der Waals surface area contributed by atoms with Crippen molar-refractivity contribution < 1.29 is 4.79 Å². The predicted molar refractivity (Wildman–Crippen MR) is 88.0 cm³/mol. The van der Waals surface area contributed by atoms with Crippen molar-refractivity contribution in [3.63, 3.8) is 0 Å². The second kappa shape index (κ2) is 5.03. The molecule has 0 aliphatic rings. The van der Waals surface area contributed by atoms with E-state index in [0.29, 0.717) is 27.5 Å². The number of carbonyl (C=O) groups is 1. The van der Waals surface area contributed by atoms with Crippen LogP contribution in [-0.2, 0) is 7.05 Å². The zero-order valence-corrected chi connectivity index (χ0v) is 12.9. The smallest absolute Gasteiger partial charge is 0.274 e. The van der Waals surface area contributed by atoms with E-state index in [-0.39, 0.29) is 11.5 Å². The highest BCUT2D eigenvalue weighted by molar-refractivity contribution is 7.13. The van der Waals surface area contributed by atoms with Gasteiger partial charge in [-0.1, -0.05) is 6.07 Å². The first-order chi connectivity index (χ1) is 11.1. The van der Waals surface area contributed by atoms with Crippen molar-refractivity contribution in [3.8, 4) is 0 Å². The second-order valence-corrected chi connectivity index (χ2v) is 5.86. The molecule has 0 spiro atoms. The van der Waals surface area contributed by atoms with Gasteiger partial charge in [-0.25, -0.2) is 9.97 Å². The largest absolute Gasteiger partial charge is 0.324 e. The summed E-state index contributed by atoms with van der Waals surface area (Å²) in [4.78, 5) is 33.5. The Hall–Kier alpha value is -3.00. The molecule has 23 heavy (non-hydrogen) atoms. The Bertz CT molecular complexity index is 1090. The maximum Gasteiger partial charge on any atom is 0.274 e. The van der Waals surface area contributed by atoms with E-state index in [2.05, 4.69) is 15.3 Å². The SMILES string of the molecule is Cn1c(C(=O)Nc2nccs2)cc2c(=O)n3ccccc3nc21. The Kier molecular flexibility index (Phi) is 2.98. The second-order valence-electron chi connectivity index (χ2n) is 4.96. The summed E-state index contributed by atoms with van der Waals surface area (Å²) in [6.45, 7) is 0. The summed E-state index contributed by atoms with van der Waals surface area (Å²) in [5.41, 5.74) is 1.17. The fraction of sp³-hybridized carbons (Fsp3) is 0.0667. The van der Waals surface area contributed by atoms with E-state index in [4.69, 9.17) is 0 Å². The van der Waals surface area contributed by atoms with Gasteiger partial charge in [-0.2, -0.15) is 0 Å². The van der Waals surface area contributed by atoms with Crippen LogP contribution in [0.4, 0.5) is 5.13 Å². The lowest BCUT2D eigenvalue weighted by Crippen LogP contribution is -2.15. The molecule has 8 heteroatoms. The molecule has 0 unspecified atom stereocenters. The third kappa shape index (κ3) is 2.11. The van der Waals surface area contributed by atoms with E-state index >= 15 is 0 Å². The summed E-state index contributed by atoms with van der Waals surface area (Å²) in [7, 11) is 1.71. The molecule has 4 aromatic heterocycles. The average molecular weight is 325 g/mol. The third-order valence-corrected chi connectivity index (χ3v) is 4.28. The molecule has 4 heterocycles. The van der Waals surface area contributed by atoms with Gasteiger partial charge in [-0.3, -0.25) is 19.3 Å². The quantitative estimate of drug-likeness (QED) is 0.610. The summed E-state index contributed by atoms with van der Waals surface area (Å²) in [6.07, 6.45) is 3.27. The molecule has 0 fully saturated rings. The number of fused-ring (bicyclic) bond motifs is 2. The number of pyridine rings is 1. The zero-order chi connectivity index (χ0) is 16.0. The van der Waals surface area contributed by atoms with Crippen molar-refractivity contribution >= 4 is 39.1 Å². The van der Waals surface area contributed by atoms with Crippen LogP contribution in [0, 0.1) is 0 Å². The Labute approximate surface area is 133 Å². The molecule has 7 nitrogen and oxygen atoms in total. The fourth-order valence-corrected chi connectivity index (χ4v) is 3.01. The first-order valence-electron chi connectivity index (χ1n) is 6.83. The number of thiazole rings is 1. The first-order valence-corrected chi connectivity index (χ1v) is 7.71. The van der Waals surface area contributed by atoms with Crippen LogP contribution < -0.4 is 10.9 Å². The van der Waals surface area contributed by atoms with Gasteiger partial charge >= 0.3 is 0 Å². The third-order valence-electron chi connectivity index (χ3n) is 3.59. The van der Waals surface area contributed by atoms with Gasteiger partial charge < -0.3 is 4.57 Å². The molecule has 0 aromatic carbocycles. The number of nitrogens with one attached hydrogen (secondary N) is 1. The Balaban J connectivity index is 1.90. The van der Waals surface area contributed by atoms with E-state index in [0.717, 1.165) is 0 Å². The predicted octanol–water partition coefficient (Wildman–Crippen LogP) is 1.89. The van der Waals surface area contributed by atoms with Crippen molar-refractivity contribution in [2.45, 2.75) is 0 Å². The van der Waals surface area contributed by atoms with Crippen LogP contribution in [0.15, 0.2) is 46.8 Å². The number of aryl methyl sites for hydroxylation is 1. The van der Waals surface area contributed by atoms with Crippen LogP contribution in [0.25, 0.3) is 16.7 Å². The van der Waals surface area contributed by atoms with Gasteiger partial charge in [0, 0.05) is 24.8 Å². The monoisotopic (exact) mass is 325 g/mol. The van der Waals surface area contributed by atoms with Gasteiger partial charge in [-0.15, -0.1) is 11.3 Å². The van der Waals surface area contributed by atoms with Crippen molar-refractivity contribution in [2.24, 2.45) is 7.05 Å². The van der Waals surface area contributed by atoms with E-state index in [1.807, 2.05) is 6.07 Å². The first kappa shape index (κ1) is 13.6. The van der Waals surface area contributed by atoms with Crippen LogP contribution in [0.5, 0.6) is 0 Å². The number of rotatable bonds is 2. The summed E-state index contributed by atoms with van der Waals surface area (Å²) in [6, 6.07) is 6.89. The van der Waals surface area contributed by atoms with Gasteiger partial charge in [0.1, 0.15) is 17.0 Å². The standard InChI is InChI=1S/C15H11N5O2S/c1-19-10(13(21)18-15-16-5-7-23-15)8-9-12(19)17-11-4-2-3-6-20(11)14(9)22/h2-8H,1H3,(H,16,18,21). The van der Waals surface area contributed by atoms with Crippen LogP contribution in [0.2, 0.25) is 0 Å². The van der Waals surface area contributed by atoms with Crippen LogP contribution in [0.3, 0.4) is 0 Å². The van der Waals surface area contributed by atoms with Crippen molar-refractivity contribution in [2.75, 3.05) is 5.32 Å². The number of nitrogens with zero attached hydrogens (tertiary/aromatic N) is 4. The van der Waals surface area contributed by atoms with Gasteiger partial charge in [0.25, 0.3) is 11.5 Å². The van der Waals surface area contributed by atoms with Crippen molar-refractivity contribution in [1.29, 1.82) is 0 Å². The minimum absolute atomic E-state index is 0.200. The molecular weight excluding hydrogens is 314 g/mol. The molecule has 0 saturated carbocycles. The van der Waals surface area contributed by atoms with E-state index in [9.17, 15) is 9.59 Å². The van der Waals surface area contributed by atoms with E-state index < -0.39 is 0 Å². The molecule has 0 saturated heterocycles. The lowest BCUT2D eigenvalue weighted by molar-refractivity contribution is 0.101. The average Bonchev–Trinajstić information content (AvgIpc) is 3.17. The Morgan fingerprint density at radius 2 is 2.22 bits per heavy atom. The molecule has 4 rings (SSSR count). The topological polar surface area (TPSA) is 81.3 Å². The molecule has 0 aliphatic carbocycles. The van der Waals surface area contributed by atoms with Crippen molar-refractivity contribution in [3.05, 3.63) is 58.1 Å². The van der Waals surface area contributed by atoms with Gasteiger partial charge in [0.2, 0.25) is 0 Å². The molecular formula is C15H11N5O2S. The van der Waals surface area contributed by atoms with Crippen LogP contribution in [0.1, 0.15) is 10.5 Å². The minimum Gasteiger partial charge on any atom is -0.324 e. The maximum atomic E-state index is 12.6. The lowest BCUT2D eigenvalue weighted by atomic mass is 10.3. The minimum atomic E-state index is -0.325. The van der Waals surface area contributed by atoms with Crippen LogP contribution in [-0.4, -0.2) is 24.8 Å². The number of carbonyl (C=O) groups excluding carboxylic acids is 1. The molecule has 1 amide bonds. The number of hydrogen-bond donors (Lipinski definition) is 1. The highest BCUT2D eigenvalue weighted by Crippen LogP contribution is 2.17. The molecule has 114 valence electrons. The van der Waals surface area contributed by atoms with E-state index in [1.54, 1.807) is 47.6 Å². The van der Waals surface area contributed by atoms with Crippen LogP contribution >= 0.6 is 11.3 Å². The van der Waals surface area contributed by atoms with Gasteiger partial charge in [0.15, 0.2) is 5.13 Å². The molecule has 0 radical (unpaired) electrons. The molecule has 4 aromatic rings. The Morgan fingerprint density at radius 1 is 1.35 bits per heavy atom.